The quantitative estimate of drug-likeness (QED) is 0.283. The van der Waals surface area contributed by atoms with Gasteiger partial charge in [-0.2, -0.15) is 0 Å². The van der Waals surface area contributed by atoms with Crippen molar-refractivity contribution in [3.8, 4) is 5.75 Å². The van der Waals surface area contributed by atoms with E-state index in [1.165, 1.54) is 12.8 Å². The Hall–Kier alpha value is -1.06. The first-order valence-corrected chi connectivity index (χ1v) is 9.58. The summed E-state index contributed by atoms with van der Waals surface area (Å²) in [5.41, 5.74) is 1.13. The van der Waals surface area contributed by atoms with Crippen molar-refractivity contribution in [1.29, 1.82) is 0 Å². The van der Waals surface area contributed by atoms with Crippen molar-refractivity contribution in [1.82, 2.24) is 10.6 Å². The maximum atomic E-state index is 9.35. The third-order valence-electron chi connectivity index (χ3n) is 5.27. The second-order valence-corrected chi connectivity index (χ2v) is 7.42. The molecule has 1 atom stereocenters. The number of para-hydroxylation sites is 1. The molecule has 1 heterocycles. The monoisotopic (exact) mass is 489 g/mol. The molecule has 2 aliphatic rings. The topological polar surface area (TPSA) is 75.1 Å². The van der Waals surface area contributed by atoms with E-state index in [2.05, 4.69) is 21.7 Å². The molecule has 7 heteroatoms. The van der Waals surface area contributed by atoms with Crippen molar-refractivity contribution < 1.29 is 14.6 Å². The van der Waals surface area contributed by atoms with Crippen LogP contribution in [0.2, 0.25) is 0 Å². The number of nitrogens with one attached hydrogen (secondary N) is 2. The predicted octanol–water partition coefficient (Wildman–Crippen LogP) is 2.55. The van der Waals surface area contributed by atoms with Crippen molar-refractivity contribution in [2.24, 2.45) is 16.3 Å². The summed E-state index contributed by atoms with van der Waals surface area (Å²) >= 11 is 0. The van der Waals surface area contributed by atoms with E-state index in [9.17, 15) is 5.11 Å². The molecule has 1 aliphatic heterocycles. The molecule has 1 aliphatic carbocycles. The molecule has 0 aromatic heterocycles. The van der Waals surface area contributed by atoms with Crippen LogP contribution in [0.3, 0.4) is 0 Å². The number of rotatable bonds is 9. The molecule has 0 bridgehead atoms. The summed E-state index contributed by atoms with van der Waals surface area (Å²) in [5, 5.41) is 16.1. The second kappa shape index (κ2) is 11.1. The van der Waals surface area contributed by atoms with Crippen molar-refractivity contribution in [3.05, 3.63) is 29.8 Å². The third-order valence-corrected chi connectivity index (χ3v) is 5.27. The molecule has 1 aromatic rings. The van der Waals surface area contributed by atoms with Crippen LogP contribution >= 0.6 is 24.0 Å². The smallest absolute Gasteiger partial charge is 0.191 e. The maximum absolute atomic E-state index is 9.35. The lowest BCUT2D eigenvalue weighted by Gasteiger charge is -2.27. The Morgan fingerprint density at radius 2 is 2.15 bits per heavy atom. The van der Waals surface area contributed by atoms with Gasteiger partial charge in [0.1, 0.15) is 5.75 Å². The number of hydrogen-bond donors (Lipinski definition) is 3. The van der Waals surface area contributed by atoms with Gasteiger partial charge in [0.15, 0.2) is 5.96 Å². The van der Waals surface area contributed by atoms with Crippen molar-refractivity contribution in [3.63, 3.8) is 0 Å². The molecule has 3 rings (SSSR count). The fraction of sp³-hybridized carbons (Fsp3) is 0.650. The fourth-order valence-electron chi connectivity index (χ4n) is 3.27. The van der Waals surface area contributed by atoms with E-state index in [0.717, 1.165) is 55.8 Å². The molecule has 3 N–H and O–H groups in total. The number of ether oxygens (including phenoxy) is 2. The van der Waals surface area contributed by atoms with Crippen LogP contribution in [0, 0.1) is 11.3 Å². The zero-order valence-corrected chi connectivity index (χ0v) is 18.4. The van der Waals surface area contributed by atoms with E-state index in [4.69, 9.17) is 9.47 Å². The number of nitrogens with zero attached hydrogens (tertiary/aromatic N) is 1. The molecule has 0 amide bonds. The van der Waals surface area contributed by atoms with E-state index in [1.54, 1.807) is 7.05 Å². The Morgan fingerprint density at radius 3 is 2.81 bits per heavy atom. The molecule has 1 saturated carbocycles. The first kappa shape index (κ1) is 22.2. The van der Waals surface area contributed by atoms with E-state index in [1.807, 2.05) is 18.2 Å². The van der Waals surface area contributed by atoms with Crippen molar-refractivity contribution in [2.75, 3.05) is 40.0 Å². The molecule has 27 heavy (non-hydrogen) atoms. The van der Waals surface area contributed by atoms with Crippen LogP contribution in [0.25, 0.3) is 0 Å². The summed E-state index contributed by atoms with van der Waals surface area (Å²) < 4.78 is 11.5. The zero-order chi connectivity index (χ0) is 18.2. The van der Waals surface area contributed by atoms with Gasteiger partial charge in [0.25, 0.3) is 0 Å². The number of hydrogen-bond acceptors (Lipinski definition) is 4. The minimum Gasteiger partial charge on any atom is -0.493 e. The van der Waals surface area contributed by atoms with Gasteiger partial charge in [0.2, 0.25) is 0 Å². The van der Waals surface area contributed by atoms with Crippen LogP contribution in [-0.4, -0.2) is 51.1 Å². The molecule has 0 radical (unpaired) electrons. The van der Waals surface area contributed by atoms with E-state index < -0.39 is 0 Å². The van der Waals surface area contributed by atoms with Crippen LogP contribution in [0.4, 0.5) is 0 Å². The molecule has 152 valence electrons. The molecular weight excluding hydrogens is 457 g/mol. The van der Waals surface area contributed by atoms with Gasteiger partial charge in [0.05, 0.1) is 13.2 Å². The SMILES string of the molecule is CN=C(NCc1ccccc1OCC1CC1)NCC1(CCO)CCOC1.I. The molecule has 2 fully saturated rings. The summed E-state index contributed by atoms with van der Waals surface area (Å²) in [6, 6.07) is 8.16. The number of aliphatic hydroxyl groups excluding tert-OH is 1. The van der Waals surface area contributed by atoms with Gasteiger partial charge >= 0.3 is 0 Å². The largest absolute Gasteiger partial charge is 0.493 e. The van der Waals surface area contributed by atoms with E-state index in [-0.39, 0.29) is 36.0 Å². The zero-order valence-electron chi connectivity index (χ0n) is 16.1. The minimum absolute atomic E-state index is 0. The number of aliphatic imine (C=N–C) groups is 1. The Bertz CT molecular complexity index is 602. The summed E-state index contributed by atoms with van der Waals surface area (Å²) in [5.74, 6) is 2.44. The lowest BCUT2D eigenvalue weighted by atomic mass is 9.84. The first-order chi connectivity index (χ1) is 12.7. The van der Waals surface area contributed by atoms with Gasteiger partial charge in [-0.05, 0) is 37.7 Å². The highest BCUT2D eigenvalue weighted by molar-refractivity contribution is 14.0. The predicted molar refractivity (Wildman–Crippen MR) is 118 cm³/mol. The molecule has 0 spiro atoms. The van der Waals surface area contributed by atoms with E-state index in [0.29, 0.717) is 13.2 Å². The summed E-state index contributed by atoms with van der Waals surface area (Å²) in [6.45, 7) is 3.85. The number of guanidine groups is 1. The summed E-state index contributed by atoms with van der Waals surface area (Å²) in [7, 11) is 1.77. The summed E-state index contributed by atoms with van der Waals surface area (Å²) in [4.78, 5) is 4.32. The van der Waals surface area contributed by atoms with Crippen LogP contribution in [0.1, 0.15) is 31.2 Å². The van der Waals surface area contributed by atoms with Gasteiger partial charge in [-0.25, -0.2) is 0 Å². The lowest BCUT2D eigenvalue weighted by Crippen LogP contribution is -2.44. The van der Waals surface area contributed by atoms with Crippen LogP contribution in [-0.2, 0) is 11.3 Å². The highest BCUT2D eigenvalue weighted by atomic mass is 127. The number of benzene rings is 1. The highest BCUT2D eigenvalue weighted by Gasteiger charge is 2.34. The van der Waals surface area contributed by atoms with Gasteiger partial charge < -0.3 is 25.2 Å². The number of halogens is 1. The normalized spacial score (nSPS) is 22.2. The molecule has 1 saturated heterocycles. The summed E-state index contributed by atoms with van der Waals surface area (Å²) in [6.07, 6.45) is 4.29. The highest BCUT2D eigenvalue weighted by Crippen LogP contribution is 2.31. The van der Waals surface area contributed by atoms with Gasteiger partial charge in [0, 0.05) is 44.3 Å². The Balaban J connectivity index is 0.00000261. The third kappa shape index (κ3) is 6.80. The Morgan fingerprint density at radius 1 is 1.33 bits per heavy atom. The lowest BCUT2D eigenvalue weighted by molar-refractivity contribution is 0.127. The standard InChI is InChI=1S/C20H31N3O3.HI/c1-21-19(23-14-20(8-10-24)9-11-25-15-20)22-12-17-4-2-3-5-18(17)26-13-16-6-7-16;/h2-5,16,24H,6-15H2,1H3,(H2,21,22,23);1H. The second-order valence-electron chi connectivity index (χ2n) is 7.42. The van der Waals surface area contributed by atoms with Crippen molar-refractivity contribution in [2.45, 2.75) is 32.2 Å². The first-order valence-electron chi connectivity index (χ1n) is 9.58. The van der Waals surface area contributed by atoms with Crippen LogP contribution in [0.5, 0.6) is 5.75 Å². The molecule has 1 unspecified atom stereocenters. The Labute approximate surface area is 179 Å². The van der Waals surface area contributed by atoms with Crippen LogP contribution in [0.15, 0.2) is 29.3 Å². The molecule has 1 aromatic carbocycles. The van der Waals surface area contributed by atoms with Gasteiger partial charge in [-0.1, -0.05) is 18.2 Å². The average molecular weight is 489 g/mol. The van der Waals surface area contributed by atoms with Gasteiger partial charge in [-0.15, -0.1) is 24.0 Å². The van der Waals surface area contributed by atoms with Crippen molar-refractivity contribution >= 4 is 29.9 Å². The minimum atomic E-state index is -0.00233. The van der Waals surface area contributed by atoms with Gasteiger partial charge in [-0.3, -0.25) is 4.99 Å². The van der Waals surface area contributed by atoms with E-state index >= 15 is 0 Å². The fourth-order valence-corrected chi connectivity index (χ4v) is 3.27. The Kier molecular flexibility index (Phi) is 9.11. The molecule has 6 nitrogen and oxygen atoms in total. The maximum Gasteiger partial charge on any atom is 0.191 e. The average Bonchev–Trinajstić information content (AvgIpc) is 3.39. The number of aliphatic hydroxyl groups is 1. The van der Waals surface area contributed by atoms with Crippen LogP contribution < -0.4 is 15.4 Å². The molecular formula is C20H32IN3O3.